The van der Waals surface area contributed by atoms with Crippen LogP contribution in [0, 0.1) is 0 Å². The number of carboxylic acids is 1. The summed E-state index contributed by atoms with van der Waals surface area (Å²) in [5, 5.41) is 8.88. The number of rotatable bonds is 2. The van der Waals surface area contributed by atoms with Gasteiger partial charge in [-0.1, -0.05) is 0 Å². The van der Waals surface area contributed by atoms with E-state index < -0.39 is 29.0 Å². The molecule has 3 N–H and O–H groups in total. The number of H-pyrrole nitrogens is 2. The van der Waals surface area contributed by atoms with E-state index in [0.29, 0.717) is 6.07 Å². The van der Waals surface area contributed by atoms with Gasteiger partial charge in [0.1, 0.15) is 5.82 Å². The zero-order valence-corrected chi connectivity index (χ0v) is 11.1. The van der Waals surface area contributed by atoms with Crippen molar-refractivity contribution >= 4 is 17.0 Å². The lowest BCUT2D eigenvalue weighted by Gasteiger charge is -2.12. The number of carbonyl (C=O) groups is 1. The number of aromatic nitrogens is 4. The molecule has 0 fully saturated rings. The molecular formula is C13H7F3N4O3. The maximum atomic E-state index is 13.2. The number of benzene rings is 1. The number of hydrogen-bond donors (Lipinski definition) is 3. The lowest BCUT2D eigenvalue weighted by molar-refractivity contribution is -0.137. The molecule has 10 heteroatoms. The van der Waals surface area contributed by atoms with Crippen LogP contribution in [0.1, 0.15) is 16.1 Å². The zero-order valence-electron chi connectivity index (χ0n) is 11.1. The predicted molar refractivity (Wildman–Crippen MR) is 71.9 cm³/mol. The molecule has 3 rings (SSSR count). The summed E-state index contributed by atoms with van der Waals surface area (Å²) >= 11 is 0. The van der Waals surface area contributed by atoms with Crippen LogP contribution in [0.15, 0.2) is 29.3 Å². The topological polar surface area (TPSA) is 112 Å². The summed E-state index contributed by atoms with van der Waals surface area (Å²) in [6.07, 6.45) is -2.07. The minimum Gasteiger partial charge on any atom is -0.476 e. The average Bonchev–Trinajstić information content (AvgIpc) is 2.98. The van der Waals surface area contributed by atoms with Crippen molar-refractivity contribution in [2.75, 3.05) is 0 Å². The molecule has 118 valence electrons. The Bertz CT molecular complexity index is 961. The fourth-order valence-electron chi connectivity index (χ4n) is 2.12. The highest BCUT2D eigenvalue weighted by Gasteiger charge is 2.35. The summed E-state index contributed by atoms with van der Waals surface area (Å²) < 4.78 is 39.7. The lowest BCUT2D eigenvalue weighted by Crippen LogP contribution is -2.20. The molecule has 0 radical (unpaired) electrons. The normalized spacial score (nSPS) is 11.8. The van der Waals surface area contributed by atoms with Crippen LogP contribution in [0.25, 0.3) is 22.4 Å². The molecule has 23 heavy (non-hydrogen) atoms. The van der Waals surface area contributed by atoms with Crippen LogP contribution in [0.3, 0.4) is 0 Å². The number of imidazole rings is 1. The third kappa shape index (κ3) is 2.54. The van der Waals surface area contributed by atoms with Gasteiger partial charge in [-0.25, -0.2) is 14.8 Å². The third-order valence-electron chi connectivity index (χ3n) is 3.09. The summed E-state index contributed by atoms with van der Waals surface area (Å²) in [6.45, 7) is 0. The lowest BCUT2D eigenvalue weighted by atomic mass is 10.0. The fourth-order valence-corrected chi connectivity index (χ4v) is 2.12. The predicted octanol–water partition coefficient (Wildman–Crippen LogP) is 2.03. The number of nitrogens with zero attached hydrogens (tertiary/aromatic N) is 2. The van der Waals surface area contributed by atoms with Crippen LogP contribution in [0.5, 0.6) is 0 Å². The number of fused-ring (bicyclic) bond motifs is 1. The Morgan fingerprint density at radius 3 is 2.57 bits per heavy atom. The van der Waals surface area contributed by atoms with Crippen molar-refractivity contribution in [3.63, 3.8) is 0 Å². The first-order chi connectivity index (χ1) is 10.8. The maximum Gasteiger partial charge on any atom is 0.417 e. The molecule has 1 aromatic carbocycles. The van der Waals surface area contributed by atoms with Crippen LogP contribution < -0.4 is 5.56 Å². The number of hydrogen-bond acceptors (Lipinski definition) is 4. The van der Waals surface area contributed by atoms with E-state index >= 15 is 0 Å². The quantitative estimate of drug-likeness (QED) is 0.668. The van der Waals surface area contributed by atoms with Crippen molar-refractivity contribution < 1.29 is 23.1 Å². The SMILES string of the molecule is O=C(O)c1nc2cc(-c3ncc[nH]3)c(C(F)(F)F)cc2[nH]c1=O. The molecule has 0 amide bonds. The van der Waals surface area contributed by atoms with Gasteiger partial charge in [-0.3, -0.25) is 4.79 Å². The second-order valence-corrected chi connectivity index (χ2v) is 4.57. The van der Waals surface area contributed by atoms with E-state index in [9.17, 15) is 22.8 Å². The maximum absolute atomic E-state index is 13.2. The smallest absolute Gasteiger partial charge is 0.417 e. The Morgan fingerprint density at radius 1 is 1.26 bits per heavy atom. The fraction of sp³-hybridized carbons (Fsp3) is 0.0769. The molecule has 0 aliphatic carbocycles. The number of halogens is 3. The standard InChI is InChI=1S/C13H7F3N4O3/c14-13(15,16)6-4-8-7(3-5(6)10-17-1-2-18-10)19-9(12(22)23)11(21)20-8/h1-4H,(H,17,18)(H,20,21)(H,22,23). The van der Waals surface area contributed by atoms with Crippen molar-refractivity contribution in [1.82, 2.24) is 19.9 Å². The van der Waals surface area contributed by atoms with Crippen molar-refractivity contribution in [3.05, 3.63) is 46.1 Å². The van der Waals surface area contributed by atoms with Crippen molar-refractivity contribution in [3.8, 4) is 11.4 Å². The molecule has 0 aliphatic heterocycles. The van der Waals surface area contributed by atoms with E-state index in [1.807, 2.05) is 0 Å². The molecule has 0 spiro atoms. The summed E-state index contributed by atoms with van der Waals surface area (Å²) in [5.41, 5.74) is -3.53. The average molecular weight is 324 g/mol. The molecule has 0 aliphatic rings. The van der Waals surface area contributed by atoms with E-state index in [-0.39, 0.29) is 22.4 Å². The van der Waals surface area contributed by atoms with E-state index in [1.54, 1.807) is 0 Å². The summed E-state index contributed by atoms with van der Waals surface area (Å²) in [7, 11) is 0. The highest BCUT2D eigenvalue weighted by Crippen LogP contribution is 2.37. The Balaban J connectivity index is 2.38. The van der Waals surface area contributed by atoms with E-state index in [1.165, 1.54) is 12.4 Å². The first kappa shape index (κ1) is 14.8. The van der Waals surface area contributed by atoms with Crippen molar-refractivity contribution in [2.24, 2.45) is 0 Å². The van der Waals surface area contributed by atoms with E-state index in [2.05, 4.69) is 19.9 Å². The zero-order chi connectivity index (χ0) is 16.8. The first-order valence-corrected chi connectivity index (χ1v) is 6.15. The van der Waals surface area contributed by atoms with Gasteiger partial charge in [-0.05, 0) is 12.1 Å². The van der Waals surface area contributed by atoms with Gasteiger partial charge in [0.25, 0.3) is 5.56 Å². The van der Waals surface area contributed by atoms with Gasteiger partial charge >= 0.3 is 12.1 Å². The summed E-state index contributed by atoms with van der Waals surface area (Å²) in [4.78, 5) is 34.5. The van der Waals surface area contributed by atoms with Crippen LogP contribution in [0.4, 0.5) is 13.2 Å². The molecule has 0 unspecified atom stereocenters. The Morgan fingerprint density at radius 2 is 2.00 bits per heavy atom. The van der Waals surface area contributed by atoms with Gasteiger partial charge in [0.2, 0.25) is 5.69 Å². The molecule has 3 aromatic rings. The second kappa shape index (κ2) is 4.93. The number of alkyl halides is 3. The molecule has 2 heterocycles. The first-order valence-electron chi connectivity index (χ1n) is 6.15. The summed E-state index contributed by atoms with van der Waals surface area (Å²) in [6, 6.07) is 1.73. The highest BCUT2D eigenvalue weighted by molar-refractivity contribution is 5.89. The molecule has 0 bridgehead atoms. The van der Waals surface area contributed by atoms with Crippen molar-refractivity contribution in [1.29, 1.82) is 0 Å². The monoisotopic (exact) mass is 324 g/mol. The van der Waals surface area contributed by atoms with Gasteiger partial charge in [-0.15, -0.1) is 0 Å². The molecule has 0 saturated carbocycles. The minimum absolute atomic E-state index is 0.0518. The third-order valence-corrected chi connectivity index (χ3v) is 3.09. The Labute approximate surface area is 124 Å². The Hall–Kier alpha value is -3.17. The molecule has 2 aromatic heterocycles. The molecule has 7 nitrogen and oxygen atoms in total. The van der Waals surface area contributed by atoms with Crippen LogP contribution in [0.2, 0.25) is 0 Å². The number of carboxylic acid groups (broad SMARTS) is 1. The minimum atomic E-state index is -4.70. The van der Waals surface area contributed by atoms with Gasteiger partial charge in [-0.2, -0.15) is 13.2 Å². The van der Waals surface area contributed by atoms with E-state index in [0.717, 1.165) is 6.07 Å². The largest absolute Gasteiger partial charge is 0.476 e. The summed E-state index contributed by atoms with van der Waals surface area (Å²) in [5.74, 6) is -1.63. The number of aromatic carboxylic acids is 1. The van der Waals surface area contributed by atoms with E-state index in [4.69, 9.17) is 5.11 Å². The van der Waals surface area contributed by atoms with Crippen LogP contribution >= 0.6 is 0 Å². The van der Waals surface area contributed by atoms with Gasteiger partial charge < -0.3 is 15.1 Å². The Kier molecular flexibility index (Phi) is 3.17. The van der Waals surface area contributed by atoms with Crippen LogP contribution in [-0.4, -0.2) is 31.0 Å². The van der Waals surface area contributed by atoms with Gasteiger partial charge in [0.05, 0.1) is 16.6 Å². The highest BCUT2D eigenvalue weighted by atomic mass is 19.4. The van der Waals surface area contributed by atoms with Crippen LogP contribution in [-0.2, 0) is 6.18 Å². The van der Waals surface area contributed by atoms with Gasteiger partial charge in [0, 0.05) is 18.0 Å². The van der Waals surface area contributed by atoms with Gasteiger partial charge in [0.15, 0.2) is 0 Å². The van der Waals surface area contributed by atoms with Crippen molar-refractivity contribution in [2.45, 2.75) is 6.18 Å². The number of aromatic amines is 2. The molecular weight excluding hydrogens is 317 g/mol. The molecule has 0 atom stereocenters. The molecule has 0 saturated heterocycles. The number of nitrogens with one attached hydrogen (secondary N) is 2. The second-order valence-electron chi connectivity index (χ2n) is 4.57.